The van der Waals surface area contributed by atoms with Gasteiger partial charge < -0.3 is 15.9 Å². The van der Waals surface area contributed by atoms with Crippen molar-refractivity contribution in [1.82, 2.24) is 4.72 Å². The number of carboxylic acid groups (broad SMARTS) is 2. The smallest absolute Gasteiger partial charge is 0.322 e. The van der Waals surface area contributed by atoms with Crippen molar-refractivity contribution in [1.29, 1.82) is 0 Å². The van der Waals surface area contributed by atoms with Gasteiger partial charge in [0, 0.05) is 0 Å². The second-order valence-electron chi connectivity index (χ2n) is 6.60. The zero-order valence-corrected chi connectivity index (χ0v) is 16.4. The van der Waals surface area contributed by atoms with Crippen LogP contribution in [0.15, 0.2) is 29.2 Å². The second-order valence-corrected chi connectivity index (χ2v) is 8.32. The average molecular weight is 388 g/mol. The van der Waals surface area contributed by atoms with E-state index in [1.807, 2.05) is 6.92 Å². The molecule has 0 heterocycles. The van der Waals surface area contributed by atoms with E-state index in [1.54, 1.807) is 39.8 Å². The third-order valence-corrected chi connectivity index (χ3v) is 5.01. The number of sulfonamides is 1. The third kappa shape index (κ3) is 7.94. The predicted molar refractivity (Wildman–Crippen MR) is 98.2 cm³/mol. The van der Waals surface area contributed by atoms with Crippen molar-refractivity contribution in [3.05, 3.63) is 29.8 Å². The average Bonchev–Trinajstić information content (AvgIpc) is 2.52. The first-order valence-corrected chi connectivity index (χ1v) is 9.58. The largest absolute Gasteiger partial charge is 0.480 e. The molecule has 0 saturated carbocycles. The molecule has 2 atom stereocenters. The maximum atomic E-state index is 12.0. The number of hydrogen-bond acceptors (Lipinski definition) is 5. The van der Waals surface area contributed by atoms with Gasteiger partial charge in [-0.15, -0.1) is 0 Å². The SMILES string of the molecule is CC(C)[C@H](N)C(=O)O.Cc1ccc(S(=O)(=O)N[C@H](C(=O)O)C(C)C)cc1. The number of aliphatic carboxylic acids is 2. The van der Waals surface area contributed by atoms with E-state index in [4.69, 9.17) is 15.9 Å². The van der Waals surface area contributed by atoms with E-state index >= 15 is 0 Å². The lowest BCUT2D eigenvalue weighted by Crippen LogP contribution is -2.44. The number of rotatable bonds is 7. The van der Waals surface area contributed by atoms with Gasteiger partial charge in [-0.2, -0.15) is 4.72 Å². The molecule has 0 aliphatic heterocycles. The maximum Gasteiger partial charge on any atom is 0.322 e. The molecule has 8 nitrogen and oxygen atoms in total. The van der Waals surface area contributed by atoms with Crippen LogP contribution in [-0.4, -0.2) is 42.7 Å². The van der Waals surface area contributed by atoms with Gasteiger partial charge in [0.05, 0.1) is 4.90 Å². The number of benzene rings is 1. The molecule has 26 heavy (non-hydrogen) atoms. The highest BCUT2D eigenvalue weighted by molar-refractivity contribution is 7.89. The lowest BCUT2D eigenvalue weighted by molar-refractivity contribution is -0.140. The number of nitrogens with one attached hydrogen (secondary N) is 1. The molecule has 1 rings (SSSR count). The first kappa shape index (κ1) is 24.0. The lowest BCUT2D eigenvalue weighted by Gasteiger charge is -2.17. The van der Waals surface area contributed by atoms with Crippen LogP contribution >= 0.6 is 0 Å². The van der Waals surface area contributed by atoms with Crippen molar-refractivity contribution in [3.63, 3.8) is 0 Å². The highest BCUT2D eigenvalue weighted by atomic mass is 32.2. The normalized spacial score (nSPS) is 13.7. The summed E-state index contributed by atoms with van der Waals surface area (Å²) in [6.07, 6.45) is 0. The van der Waals surface area contributed by atoms with Crippen LogP contribution in [0.4, 0.5) is 0 Å². The van der Waals surface area contributed by atoms with E-state index in [1.165, 1.54) is 12.1 Å². The summed E-state index contributed by atoms with van der Waals surface area (Å²) in [5.41, 5.74) is 6.10. The van der Waals surface area contributed by atoms with Crippen LogP contribution in [0.3, 0.4) is 0 Å². The first-order valence-electron chi connectivity index (χ1n) is 8.09. The Labute approximate surface area is 154 Å². The van der Waals surface area contributed by atoms with Gasteiger partial charge >= 0.3 is 11.9 Å². The molecule has 0 unspecified atom stereocenters. The van der Waals surface area contributed by atoms with Crippen LogP contribution in [0, 0.1) is 18.8 Å². The first-order chi connectivity index (χ1) is 11.8. The lowest BCUT2D eigenvalue weighted by atomic mass is 10.1. The summed E-state index contributed by atoms with van der Waals surface area (Å²) in [6.45, 7) is 8.70. The van der Waals surface area contributed by atoms with Crippen LogP contribution in [0.25, 0.3) is 0 Å². The molecule has 0 bridgehead atoms. The minimum absolute atomic E-state index is 0.0208. The van der Waals surface area contributed by atoms with Crippen LogP contribution in [0.1, 0.15) is 33.3 Å². The monoisotopic (exact) mass is 388 g/mol. The molecule has 0 aliphatic carbocycles. The van der Waals surface area contributed by atoms with Gasteiger partial charge in [-0.05, 0) is 30.9 Å². The van der Waals surface area contributed by atoms with Gasteiger partial charge in [0.15, 0.2) is 0 Å². The summed E-state index contributed by atoms with van der Waals surface area (Å²) in [7, 11) is -3.80. The summed E-state index contributed by atoms with van der Waals surface area (Å²) in [5.74, 6) is -2.42. The number of nitrogens with two attached hydrogens (primary N) is 1. The van der Waals surface area contributed by atoms with E-state index in [0.717, 1.165) is 5.56 Å². The van der Waals surface area contributed by atoms with Crippen molar-refractivity contribution in [2.75, 3.05) is 0 Å². The summed E-state index contributed by atoms with van der Waals surface area (Å²) in [4.78, 5) is 21.1. The molecule has 0 saturated heterocycles. The number of aryl methyl sites for hydroxylation is 1. The highest BCUT2D eigenvalue weighted by Crippen LogP contribution is 2.12. The van der Waals surface area contributed by atoms with Gasteiger partial charge in [0.2, 0.25) is 10.0 Å². The molecular weight excluding hydrogens is 360 g/mol. The maximum absolute atomic E-state index is 12.0. The molecular formula is C17H28N2O6S. The van der Waals surface area contributed by atoms with Crippen molar-refractivity contribution in [2.45, 2.75) is 51.6 Å². The van der Waals surface area contributed by atoms with E-state index in [-0.39, 0.29) is 16.7 Å². The summed E-state index contributed by atoms with van der Waals surface area (Å²) < 4.78 is 26.2. The minimum Gasteiger partial charge on any atom is -0.480 e. The fraction of sp³-hybridized carbons (Fsp3) is 0.529. The van der Waals surface area contributed by atoms with Crippen LogP contribution in [-0.2, 0) is 19.6 Å². The number of hydrogen-bond donors (Lipinski definition) is 4. The Morgan fingerprint density at radius 2 is 1.42 bits per heavy atom. The zero-order chi connectivity index (χ0) is 20.7. The Balaban J connectivity index is 0.000000660. The summed E-state index contributed by atoms with van der Waals surface area (Å²) in [6, 6.07) is 4.40. The van der Waals surface area contributed by atoms with Crippen LogP contribution < -0.4 is 10.5 Å². The third-order valence-electron chi connectivity index (χ3n) is 3.55. The molecule has 1 aromatic carbocycles. The van der Waals surface area contributed by atoms with Gasteiger partial charge in [-0.3, -0.25) is 9.59 Å². The molecule has 0 aliphatic rings. The van der Waals surface area contributed by atoms with E-state index in [2.05, 4.69) is 4.72 Å². The molecule has 0 spiro atoms. The van der Waals surface area contributed by atoms with Gasteiger partial charge in [-0.25, -0.2) is 8.42 Å². The molecule has 0 fully saturated rings. The summed E-state index contributed by atoms with van der Waals surface area (Å²) >= 11 is 0. The Bertz CT molecular complexity index is 698. The Morgan fingerprint density at radius 1 is 0.962 bits per heavy atom. The van der Waals surface area contributed by atoms with Crippen molar-refractivity contribution >= 4 is 22.0 Å². The predicted octanol–water partition coefficient (Wildman–Crippen LogP) is 1.44. The summed E-state index contributed by atoms with van der Waals surface area (Å²) in [5, 5.41) is 17.2. The molecule has 0 aromatic heterocycles. The number of carbonyl (C=O) groups is 2. The fourth-order valence-electron chi connectivity index (χ4n) is 1.71. The molecule has 1 aromatic rings. The molecule has 9 heteroatoms. The van der Waals surface area contributed by atoms with Gasteiger partial charge in [-0.1, -0.05) is 45.4 Å². The van der Waals surface area contributed by atoms with Gasteiger partial charge in [0.1, 0.15) is 12.1 Å². The van der Waals surface area contributed by atoms with Gasteiger partial charge in [0.25, 0.3) is 0 Å². The molecule has 0 amide bonds. The van der Waals surface area contributed by atoms with E-state index in [9.17, 15) is 18.0 Å². The molecule has 0 radical (unpaired) electrons. The van der Waals surface area contributed by atoms with Crippen molar-refractivity contribution in [2.24, 2.45) is 17.6 Å². The standard InChI is InChI=1S/C12H17NO4S.C5H11NO2/c1-8(2)11(12(14)15)13-18(16,17)10-6-4-9(3)5-7-10;1-3(2)4(6)5(7)8/h4-8,11,13H,1-3H3,(H,14,15);3-4H,6H2,1-2H3,(H,7,8)/t11-;4-/m00/s1. The van der Waals surface area contributed by atoms with Crippen LogP contribution in [0.5, 0.6) is 0 Å². The highest BCUT2D eigenvalue weighted by Gasteiger charge is 2.27. The van der Waals surface area contributed by atoms with E-state index < -0.39 is 34.0 Å². The quantitative estimate of drug-likeness (QED) is 0.552. The topological polar surface area (TPSA) is 147 Å². The van der Waals surface area contributed by atoms with Crippen molar-refractivity contribution in [3.8, 4) is 0 Å². The van der Waals surface area contributed by atoms with E-state index in [0.29, 0.717) is 0 Å². The molecule has 5 N–H and O–H groups in total. The molecule has 148 valence electrons. The van der Waals surface area contributed by atoms with Crippen LogP contribution in [0.2, 0.25) is 0 Å². The van der Waals surface area contributed by atoms with Crippen molar-refractivity contribution < 1.29 is 28.2 Å². The Kier molecular flexibility index (Phi) is 9.47. The Hall–Kier alpha value is -1.97. The Morgan fingerprint density at radius 3 is 1.69 bits per heavy atom. The zero-order valence-electron chi connectivity index (χ0n) is 15.6. The second kappa shape index (κ2) is 10.2. The number of carboxylic acids is 2. The fourth-order valence-corrected chi connectivity index (χ4v) is 3.05. The minimum atomic E-state index is -3.80.